The zero-order valence-electron chi connectivity index (χ0n) is 9.44. The Hall–Kier alpha value is -1.30. The smallest absolute Gasteiger partial charge is 0.417 e. The van der Waals surface area contributed by atoms with E-state index in [-0.39, 0.29) is 6.07 Å². The van der Waals surface area contributed by atoms with E-state index in [2.05, 4.69) is 4.74 Å². The maximum atomic E-state index is 13.1. The fraction of sp³-hybridized carbons (Fsp3) is 0.364. The molecule has 0 aliphatic heterocycles. The van der Waals surface area contributed by atoms with Gasteiger partial charge in [-0.15, -0.1) is 0 Å². The van der Waals surface area contributed by atoms with E-state index in [9.17, 15) is 22.4 Å². The number of benzene rings is 1. The molecule has 0 atom stereocenters. The molecule has 0 N–H and O–H groups in total. The third-order valence-electron chi connectivity index (χ3n) is 1.91. The number of rotatable bonds is 2. The van der Waals surface area contributed by atoms with Gasteiger partial charge in [0.05, 0.1) is 22.3 Å². The van der Waals surface area contributed by atoms with Crippen LogP contribution >= 0.6 is 11.6 Å². The van der Waals surface area contributed by atoms with Gasteiger partial charge in [0.15, 0.2) is 0 Å². The average molecular weight is 285 g/mol. The van der Waals surface area contributed by atoms with Crippen LogP contribution in [-0.4, -0.2) is 12.1 Å². The first kappa shape index (κ1) is 14.8. The topological polar surface area (TPSA) is 26.3 Å². The molecule has 0 aliphatic rings. The minimum atomic E-state index is -4.84. The van der Waals surface area contributed by atoms with E-state index in [1.807, 2.05) is 0 Å². The third kappa shape index (κ3) is 3.35. The van der Waals surface area contributed by atoms with Crippen LogP contribution in [0.1, 0.15) is 29.8 Å². The summed E-state index contributed by atoms with van der Waals surface area (Å²) in [4.78, 5) is 11.5. The van der Waals surface area contributed by atoms with Gasteiger partial charge in [-0.1, -0.05) is 11.6 Å². The van der Waals surface area contributed by atoms with Crippen LogP contribution in [-0.2, 0) is 10.9 Å². The summed E-state index contributed by atoms with van der Waals surface area (Å²) in [6.45, 7) is 3.02. The molecule has 0 amide bonds. The van der Waals surface area contributed by atoms with Gasteiger partial charge in [-0.05, 0) is 26.0 Å². The van der Waals surface area contributed by atoms with Gasteiger partial charge in [-0.2, -0.15) is 13.2 Å². The van der Waals surface area contributed by atoms with E-state index in [1.165, 1.54) is 13.8 Å². The third-order valence-corrected chi connectivity index (χ3v) is 2.31. The van der Waals surface area contributed by atoms with Crippen LogP contribution in [0.5, 0.6) is 0 Å². The van der Waals surface area contributed by atoms with Gasteiger partial charge in [0, 0.05) is 0 Å². The van der Waals surface area contributed by atoms with Gasteiger partial charge in [0.1, 0.15) is 5.82 Å². The van der Waals surface area contributed by atoms with Gasteiger partial charge < -0.3 is 4.74 Å². The lowest BCUT2D eigenvalue weighted by Crippen LogP contribution is -2.15. The summed E-state index contributed by atoms with van der Waals surface area (Å²) < 4.78 is 55.3. The first-order chi connectivity index (χ1) is 8.12. The van der Waals surface area contributed by atoms with Gasteiger partial charge in [0.25, 0.3) is 0 Å². The molecule has 0 aromatic heterocycles. The minimum Gasteiger partial charge on any atom is -0.459 e. The van der Waals surface area contributed by atoms with Crippen molar-refractivity contribution in [1.29, 1.82) is 0 Å². The molecular weight excluding hydrogens is 276 g/mol. The molecule has 0 heterocycles. The van der Waals surface area contributed by atoms with E-state index in [4.69, 9.17) is 11.6 Å². The zero-order chi connectivity index (χ0) is 14.1. The lowest BCUT2D eigenvalue weighted by molar-refractivity contribution is -0.137. The van der Waals surface area contributed by atoms with Crippen molar-refractivity contribution in [3.63, 3.8) is 0 Å². The van der Waals surface area contributed by atoms with Crippen LogP contribution in [0.4, 0.5) is 17.6 Å². The first-order valence-corrected chi connectivity index (χ1v) is 5.28. The Morgan fingerprint density at radius 2 is 1.89 bits per heavy atom. The fourth-order valence-corrected chi connectivity index (χ4v) is 1.52. The number of alkyl halides is 3. The van der Waals surface area contributed by atoms with Crippen LogP contribution in [0.2, 0.25) is 5.02 Å². The van der Waals surface area contributed by atoms with E-state index in [1.54, 1.807) is 0 Å². The molecule has 7 heteroatoms. The second-order valence-electron chi connectivity index (χ2n) is 3.77. The lowest BCUT2D eigenvalue weighted by atomic mass is 10.1. The van der Waals surface area contributed by atoms with Crippen LogP contribution < -0.4 is 0 Å². The van der Waals surface area contributed by atoms with Crippen molar-refractivity contribution >= 4 is 17.6 Å². The summed E-state index contributed by atoms with van der Waals surface area (Å²) in [7, 11) is 0. The van der Waals surface area contributed by atoms with E-state index in [0.717, 1.165) is 0 Å². The van der Waals surface area contributed by atoms with Crippen molar-refractivity contribution in [1.82, 2.24) is 0 Å². The zero-order valence-corrected chi connectivity index (χ0v) is 10.2. The van der Waals surface area contributed by atoms with Crippen LogP contribution in [0.3, 0.4) is 0 Å². The van der Waals surface area contributed by atoms with Gasteiger partial charge >= 0.3 is 12.1 Å². The molecule has 1 rings (SSSR count). The Bertz CT molecular complexity index is 469. The van der Waals surface area contributed by atoms with Crippen LogP contribution in [0.15, 0.2) is 12.1 Å². The quantitative estimate of drug-likeness (QED) is 0.604. The summed E-state index contributed by atoms with van der Waals surface area (Å²) in [5.74, 6) is -2.30. The Morgan fingerprint density at radius 1 is 1.33 bits per heavy atom. The molecule has 100 valence electrons. The number of hydrogen-bond donors (Lipinski definition) is 0. The number of carbonyl (C=O) groups excluding carboxylic acids is 1. The molecule has 0 unspecified atom stereocenters. The molecule has 0 fully saturated rings. The fourth-order valence-electron chi connectivity index (χ4n) is 1.22. The van der Waals surface area contributed by atoms with Crippen molar-refractivity contribution < 1.29 is 27.1 Å². The summed E-state index contributed by atoms with van der Waals surface area (Å²) in [5.41, 5.74) is -2.04. The highest BCUT2D eigenvalue weighted by Crippen LogP contribution is 2.37. The predicted octanol–water partition coefficient (Wildman–Crippen LogP) is 4.06. The maximum absolute atomic E-state index is 13.1. The molecule has 0 bridgehead atoms. The van der Waals surface area contributed by atoms with E-state index >= 15 is 0 Å². The van der Waals surface area contributed by atoms with Crippen LogP contribution in [0.25, 0.3) is 0 Å². The maximum Gasteiger partial charge on any atom is 0.417 e. The lowest BCUT2D eigenvalue weighted by Gasteiger charge is -2.13. The highest BCUT2D eigenvalue weighted by atomic mass is 35.5. The minimum absolute atomic E-state index is 0.231. The largest absolute Gasteiger partial charge is 0.459 e. The van der Waals surface area contributed by atoms with Crippen molar-refractivity contribution in [2.45, 2.75) is 26.1 Å². The van der Waals surface area contributed by atoms with Gasteiger partial charge in [-0.3, -0.25) is 0 Å². The second-order valence-corrected chi connectivity index (χ2v) is 4.14. The molecule has 0 spiro atoms. The van der Waals surface area contributed by atoms with Gasteiger partial charge in [0.2, 0.25) is 0 Å². The molecule has 0 radical (unpaired) electrons. The molecule has 0 aliphatic carbocycles. The van der Waals surface area contributed by atoms with Crippen molar-refractivity contribution in [2.75, 3.05) is 0 Å². The van der Waals surface area contributed by atoms with Crippen molar-refractivity contribution in [2.24, 2.45) is 0 Å². The molecule has 1 aromatic rings. The molecule has 2 nitrogen and oxygen atoms in total. The number of carbonyl (C=O) groups is 1. The molecular formula is C11H9ClF4O2. The second kappa shape index (κ2) is 5.14. The van der Waals surface area contributed by atoms with Crippen LogP contribution in [0, 0.1) is 5.82 Å². The highest BCUT2D eigenvalue weighted by Gasteiger charge is 2.36. The first-order valence-electron chi connectivity index (χ1n) is 4.90. The van der Waals surface area contributed by atoms with E-state index in [0.29, 0.717) is 6.07 Å². The number of ether oxygens (including phenoxy) is 1. The molecule has 18 heavy (non-hydrogen) atoms. The molecule has 0 saturated heterocycles. The Balaban J connectivity index is 3.30. The summed E-state index contributed by atoms with van der Waals surface area (Å²) in [6, 6.07) is 0.844. The molecule has 1 aromatic carbocycles. The van der Waals surface area contributed by atoms with Gasteiger partial charge in [-0.25, -0.2) is 9.18 Å². The standard InChI is InChI=1S/C11H9ClF4O2/c1-5(2)18-10(17)7-3-6(13)4-8(9(7)12)11(14,15)16/h3-5H,1-2H3. The normalized spacial score (nSPS) is 11.8. The highest BCUT2D eigenvalue weighted by molar-refractivity contribution is 6.34. The summed E-state index contributed by atoms with van der Waals surface area (Å²) in [6.07, 6.45) is -5.39. The number of esters is 1. The monoisotopic (exact) mass is 284 g/mol. The summed E-state index contributed by atoms with van der Waals surface area (Å²) >= 11 is 5.46. The van der Waals surface area contributed by atoms with Crippen molar-refractivity contribution in [3.05, 3.63) is 34.1 Å². The molecule has 0 saturated carbocycles. The number of halogens is 5. The van der Waals surface area contributed by atoms with E-state index < -0.39 is 40.2 Å². The SMILES string of the molecule is CC(C)OC(=O)c1cc(F)cc(C(F)(F)F)c1Cl. The van der Waals surface area contributed by atoms with Crippen molar-refractivity contribution in [3.8, 4) is 0 Å². The number of hydrogen-bond acceptors (Lipinski definition) is 2. The predicted molar refractivity (Wildman–Crippen MR) is 57.0 cm³/mol. The Kier molecular flexibility index (Phi) is 4.21. The summed E-state index contributed by atoms with van der Waals surface area (Å²) in [5, 5.41) is -0.866. The Labute approximate surface area is 105 Å². The Morgan fingerprint density at radius 3 is 2.33 bits per heavy atom. The average Bonchev–Trinajstić information content (AvgIpc) is 2.18.